The molecule has 0 bridgehead atoms. The Morgan fingerprint density at radius 2 is 1.89 bits per heavy atom. The fourth-order valence-electron chi connectivity index (χ4n) is 5.21. The number of carbonyl (C=O) groups is 1. The SMILES string of the molecule is COc1ccc([C@H]2CC(c3cccs3)=NN2C(=O)CN2CCC(c3nc4ccccc4[nH]3)CC2)cc1. The van der Waals surface area contributed by atoms with Gasteiger partial charge in [-0.1, -0.05) is 30.3 Å². The first kappa shape index (κ1) is 22.9. The van der Waals surface area contributed by atoms with Crippen molar-refractivity contribution in [3.05, 3.63) is 82.3 Å². The van der Waals surface area contributed by atoms with Crippen LogP contribution in [0, 0.1) is 0 Å². The number of carbonyl (C=O) groups excluding carboxylic acids is 1. The zero-order chi connectivity index (χ0) is 24.5. The molecule has 4 heterocycles. The largest absolute Gasteiger partial charge is 0.497 e. The number of imidazole rings is 1. The van der Waals surface area contributed by atoms with Crippen LogP contribution in [0.25, 0.3) is 11.0 Å². The van der Waals surface area contributed by atoms with Gasteiger partial charge in [0, 0.05) is 12.3 Å². The minimum atomic E-state index is -0.103. The fraction of sp³-hybridized carbons (Fsp3) is 0.321. The molecule has 1 amide bonds. The van der Waals surface area contributed by atoms with E-state index in [0.717, 1.165) is 64.7 Å². The number of hydrogen-bond donors (Lipinski definition) is 1. The van der Waals surface area contributed by atoms with E-state index in [0.29, 0.717) is 18.9 Å². The number of likely N-dealkylation sites (tertiary alicyclic amines) is 1. The molecule has 184 valence electrons. The monoisotopic (exact) mass is 499 g/mol. The van der Waals surface area contributed by atoms with Crippen LogP contribution in [0.1, 0.15) is 47.5 Å². The molecule has 2 aliphatic rings. The van der Waals surface area contributed by atoms with Gasteiger partial charge >= 0.3 is 0 Å². The molecule has 0 unspecified atom stereocenters. The topological polar surface area (TPSA) is 73.8 Å². The minimum Gasteiger partial charge on any atom is -0.497 e. The number of nitrogens with one attached hydrogen (secondary N) is 1. The highest BCUT2D eigenvalue weighted by Gasteiger charge is 2.35. The Kier molecular flexibility index (Phi) is 6.29. The highest BCUT2D eigenvalue weighted by atomic mass is 32.1. The van der Waals surface area contributed by atoms with Crippen LogP contribution in [0.3, 0.4) is 0 Å². The minimum absolute atomic E-state index is 0.0459. The first-order chi connectivity index (χ1) is 17.7. The zero-order valence-corrected chi connectivity index (χ0v) is 21.1. The summed E-state index contributed by atoms with van der Waals surface area (Å²) in [5, 5.41) is 8.58. The Labute approximate surface area is 214 Å². The molecule has 2 aliphatic heterocycles. The summed E-state index contributed by atoms with van der Waals surface area (Å²) < 4.78 is 5.32. The van der Waals surface area contributed by atoms with E-state index >= 15 is 0 Å². The van der Waals surface area contributed by atoms with E-state index in [-0.39, 0.29) is 11.9 Å². The third-order valence-corrected chi connectivity index (χ3v) is 8.13. The molecule has 1 fully saturated rings. The van der Waals surface area contributed by atoms with Crippen molar-refractivity contribution in [2.45, 2.75) is 31.2 Å². The molecule has 0 aliphatic carbocycles. The number of amides is 1. The molecular weight excluding hydrogens is 470 g/mol. The highest BCUT2D eigenvalue weighted by molar-refractivity contribution is 7.12. The summed E-state index contributed by atoms with van der Waals surface area (Å²) in [5.74, 6) is 2.31. The van der Waals surface area contributed by atoms with E-state index in [1.807, 2.05) is 48.5 Å². The summed E-state index contributed by atoms with van der Waals surface area (Å²) in [4.78, 5) is 25.2. The molecule has 0 radical (unpaired) electrons. The molecule has 1 N–H and O–H groups in total. The number of benzene rings is 2. The number of methoxy groups -OCH3 is 1. The molecule has 8 heteroatoms. The Bertz CT molecular complexity index is 1340. The van der Waals surface area contributed by atoms with Crippen molar-refractivity contribution in [2.75, 3.05) is 26.7 Å². The first-order valence-corrected chi connectivity index (χ1v) is 13.3. The maximum absolute atomic E-state index is 13.5. The number of piperidine rings is 1. The molecule has 4 aromatic rings. The second kappa shape index (κ2) is 9.87. The van der Waals surface area contributed by atoms with Crippen LogP contribution < -0.4 is 4.74 Å². The number of aromatic nitrogens is 2. The van der Waals surface area contributed by atoms with Gasteiger partial charge in [0.2, 0.25) is 0 Å². The van der Waals surface area contributed by atoms with E-state index < -0.39 is 0 Å². The van der Waals surface area contributed by atoms with Crippen LogP contribution in [0.2, 0.25) is 0 Å². The van der Waals surface area contributed by atoms with Gasteiger partial charge in [0.15, 0.2) is 0 Å². The van der Waals surface area contributed by atoms with Crippen LogP contribution in [0.15, 0.2) is 71.1 Å². The second-order valence-electron chi connectivity index (χ2n) is 9.44. The second-order valence-corrected chi connectivity index (χ2v) is 10.4. The molecule has 1 atom stereocenters. The third-order valence-electron chi connectivity index (χ3n) is 7.21. The molecule has 2 aromatic heterocycles. The number of H-pyrrole nitrogens is 1. The van der Waals surface area contributed by atoms with Crippen LogP contribution >= 0.6 is 11.3 Å². The summed E-state index contributed by atoms with van der Waals surface area (Å²) in [6.07, 6.45) is 2.68. The number of rotatable bonds is 6. The van der Waals surface area contributed by atoms with Gasteiger partial charge < -0.3 is 9.72 Å². The van der Waals surface area contributed by atoms with Crippen molar-refractivity contribution in [2.24, 2.45) is 5.10 Å². The predicted molar refractivity (Wildman–Crippen MR) is 143 cm³/mol. The van der Waals surface area contributed by atoms with Gasteiger partial charge in [-0.15, -0.1) is 11.3 Å². The molecule has 6 rings (SSSR count). The van der Waals surface area contributed by atoms with Gasteiger partial charge in [-0.2, -0.15) is 5.10 Å². The maximum atomic E-state index is 13.5. The molecule has 2 aromatic carbocycles. The van der Waals surface area contributed by atoms with Crippen molar-refractivity contribution in [3.8, 4) is 5.75 Å². The summed E-state index contributed by atoms with van der Waals surface area (Å²) in [5.41, 5.74) is 4.15. The van der Waals surface area contributed by atoms with Gasteiger partial charge in [0.1, 0.15) is 11.6 Å². The van der Waals surface area contributed by atoms with Gasteiger partial charge in [-0.3, -0.25) is 9.69 Å². The number of aromatic amines is 1. The standard InChI is InChI=1S/C28H29N5O2S/c1-35-21-10-8-19(9-11-21)25-17-24(26-7-4-16-36-26)31-33(25)27(34)18-32-14-12-20(13-15-32)28-29-22-5-2-3-6-23(22)30-28/h2-11,16,20,25H,12-15,17-18H2,1H3,(H,29,30)/t25-/m1/s1. The van der Waals surface area contributed by atoms with E-state index in [2.05, 4.69) is 27.4 Å². The van der Waals surface area contributed by atoms with Crippen LogP contribution in [0.5, 0.6) is 5.75 Å². The molecule has 0 saturated carbocycles. The number of para-hydroxylation sites is 2. The van der Waals surface area contributed by atoms with Crippen molar-refractivity contribution >= 4 is 34.0 Å². The average molecular weight is 500 g/mol. The number of hydrogen-bond acceptors (Lipinski definition) is 6. The van der Waals surface area contributed by atoms with Gasteiger partial charge in [-0.25, -0.2) is 9.99 Å². The lowest BCUT2D eigenvalue weighted by atomic mass is 9.96. The van der Waals surface area contributed by atoms with Crippen molar-refractivity contribution < 1.29 is 9.53 Å². The Balaban J connectivity index is 1.14. The molecule has 7 nitrogen and oxygen atoms in total. The predicted octanol–water partition coefficient (Wildman–Crippen LogP) is 5.19. The summed E-state index contributed by atoms with van der Waals surface area (Å²) in [7, 11) is 1.66. The smallest absolute Gasteiger partial charge is 0.257 e. The lowest BCUT2D eigenvalue weighted by molar-refractivity contribution is -0.134. The van der Waals surface area contributed by atoms with Gasteiger partial charge in [-0.05, 0) is 67.2 Å². The Morgan fingerprint density at radius 1 is 1.08 bits per heavy atom. The highest BCUT2D eigenvalue weighted by Crippen LogP contribution is 2.35. The fourth-order valence-corrected chi connectivity index (χ4v) is 5.93. The van der Waals surface area contributed by atoms with Crippen LogP contribution in [0.4, 0.5) is 0 Å². The number of thiophene rings is 1. The number of nitrogens with zero attached hydrogens (tertiary/aromatic N) is 4. The van der Waals surface area contributed by atoms with Crippen molar-refractivity contribution in [3.63, 3.8) is 0 Å². The number of ether oxygens (including phenoxy) is 1. The van der Waals surface area contributed by atoms with E-state index in [1.165, 1.54) is 0 Å². The van der Waals surface area contributed by atoms with E-state index in [1.54, 1.807) is 23.5 Å². The lowest BCUT2D eigenvalue weighted by Gasteiger charge is -2.32. The van der Waals surface area contributed by atoms with E-state index in [4.69, 9.17) is 14.8 Å². The summed E-state index contributed by atoms with van der Waals surface area (Å²) >= 11 is 1.66. The average Bonchev–Trinajstić information content (AvgIpc) is 3.68. The quantitative estimate of drug-likeness (QED) is 0.396. The van der Waals surface area contributed by atoms with Gasteiger partial charge in [0.05, 0.1) is 41.3 Å². The summed E-state index contributed by atoms with van der Waals surface area (Å²) in [6.45, 7) is 2.12. The normalized spacial score (nSPS) is 19.1. The Hall–Kier alpha value is -3.49. The molecule has 1 saturated heterocycles. The van der Waals surface area contributed by atoms with Crippen LogP contribution in [-0.4, -0.2) is 58.2 Å². The molecule has 36 heavy (non-hydrogen) atoms. The summed E-state index contributed by atoms with van der Waals surface area (Å²) in [6, 6.07) is 20.1. The van der Waals surface area contributed by atoms with Crippen LogP contribution in [-0.2, 0) is 4.79 Å². The van der Waals surface area contributed by atoms with Crippen molar-refractivity contribution in [1.82, 2.24) is 19.9 Å². The molecule has 0 spiro atoms. The maximum Gasteiger partial charge on any atom is 0.257 e. The van der Waals surface area contributed by atoms with Crippen molar-refractivity contribution in [1.29, 1.82) is 0 Å². The third kappa shape index (κ3) is 4.54. The molecular formula is C28H29N5O2S. The number of hydrazone groups is 1. The zero-order valence-electron chi connectivity index (χ0n) is 20.3. The van der Waals surface area contributed by atoms with Gasteiger partial charge in [0.25, 0.3) is 5.91 Å². The first-order valence-electron chi connectivity index (χ1n) is 12.4. The lowest BCUT2D eigenvalue weighted by Crippen LogP contribution is -2.41. The number of fused-ring (bicyclic) bond motifs is 1. The van der Waals surface area contributed by atoms with E-state index in [9.17, 15) is 4.79 Å². The Morgan fingerprint density at radius 3 is 2.61 bits per heavy atom.